The van der Waals surface area contributed by atoms with Crippen LogP contribution in [-0.4, -0.2) is 28.0 Å². The molecule has 29 heavy (non-hydrogen) atoms. The van der Waals surface area contributed by atoms with E-state index < -0.39 is 27.3 Å². The zero-order valence-corrected chi connectivity index (χ0v) is 17.2. The third-order valence-corrected chi connectivity index (χ3v) is 8.73. The summed E-state index contributed by atoms with van der Waals surface area (Å²) in [6.45, 7) is 9.60. The summed E-state index contributed by atoms with van der Waals surface area (Å²) in [6.07, 6.45) is 4.69. The Balaban J connectivity index is 1.76. The van der Waals surface area contributed by atoms with E-state index in [1.165, 1.54) is 13.0 Å². The van der Waals surface area contributed by atoms with Crippen LogP contribution in [0.15, 0.2) is 23.8 Å². The van der Waals surface area contributed by atoms with Crippen LogP contribution in [-0.2, 0) is 19.2 Å². The van der Waals surface area contributed by atoms with Crippen LogP contribution in [0.4, 0.5) is 0 Å². The smallest absolute Gasteiger partial charge is 0.295 e. The second-order valence-electron chi connectivity index (χ2n) is 9.82. The summed E-state index contributed by atoms with van der Waals surface area (Å²) in [5.41, 5.74) is -0.737. The van der Waals surface area contributed by atoms with E-state index in [1.54, 1.807) is 0 Å². The number of carbonyl (C=O) groups excluding carboxylic acids is 3. The van der Waals surface area contributed by atoms with Gasteiger partial charge in [0.25, 0.3) is 5.09 Å². The Kier molecular flexibility index (Phi) is 4.20. The van der Waals surface area contributed by atoms with Gasteiger partial charge in [0, 0.05) is 17.3 Å². The fourth-order valence-electron chi connectivity index (χ4n) is 7.40. The van der Waals surface area contributed by atoms with Crippen LogP contribution in [0.2, 0.25) is 0 Å². The molecule has 0 radical (unpaired) electrons. The molecule has 0 unspecified atom stereocenters. The lowest BCUT2D eigenvalue weighted by Crippen LogP contribution is -2.59. The topological polar surface area (TPSA) is 104 Å². The van der Waals surface area contributed by atoms with Gasteiger partial charge in [-0.2, -0.15) is 0 Å². The molecule has 4 aliphatic carbocycles. The first-order valence-electron chi connectivity index (χ1n) is 10.3. The molecule has 4 aliphatic rings. The van der Waals surface area contributed by atoms with E-state index in [9.17, 15) is 24.5 Å². The van der Waals surface area contributed by atoms with Crippen LogP contribution < -0.4 is 0 Å². The Morgan fingerprint density at radius 2 is 1.90 bits per heavy atom. The SMILES string of the molecule is C=C1C[C@@H]2[C@H](CC[C@@]3(C)[C@H]2CC[C@]3(O[N+](=O)[O-])C(C)=O)[C@@]2(C)CC(=O)C(=O)C=C12. The molecule has 7 heteroatoms. The summed E-state index contributed by atoms with van der Waals surface area (Å²) in [4.78, 5) is 53.3. The lowest BCUT2D eigenvalue weighted by Gasteiger charge is -2.59. The predicted molar refractivity (Wildman–Crippen MR) is 103 cm³/mol. The predicted octanol–water partition coefficient (Wildman–Crippen LogP) is 3.40. The van der Waals surface area contributed by atoms with Crippen molar-refractivity contribution in [2.24, 2.45) is 28.6 Å². The number of allylic oxidation sites excluding steroid dienone is 2. The van der Waals surface area contributed by atoms with E-state index in [2.05, 4.69) is 13.5 Å². The van der Waals surface area contributed by atoms with Gasteiger partial charge in [0.2, 0.25) is 11.6 Å². The maximum atomic E-state index is 12.6. The van der Waals surface area contributed by atoms with Crippen molar-refractivity contribution in [3.05, 3.63) is 33.9 Å². The summed E-state index contributed by atoms with van der Waals surface area (Å²) < 4.78 is 0. The Bertz CT molecular complexity index is 890. The average Bonchev–Trinajstić information content (AvgIpc) is 2.91. The molecule has 0 amide bonds. The zero-order chi connectivity index (χ0) is 21.4. The molecular formula is C22H27NO6. The number of nitrogens with zero attached hydrogens (tertiary/aromatic N) is 1. The van der Waals surface area contributed by atoms with E-state index in [0.717, 1.165) is 17.6 Å². The standard InChI is InChI=1S/C22H27NO6/c1-12-9-14-15(20(3)11-19(26)18(25)10-17(12)20)5-7-21(4)16(14)6-8-22(21,13(2)24)29-23(27)28/h10,14-16H,1,5-9,11H2,2-4H3/t14-,15+,16+,20-,21+,22+/m1/s1. The molecule has 0 saturated heterocycles. The highest BCUT2D eigenvalue weighted by atomic mass is 17.0. The van der Waals surface area contributed by atoms with Gasteiger partial charge in [-0.15, -0.1) is 10.1 Å². The molecular weight excluding hydrogens is 374 g/mol. The largest absolute Gasteiger partial charge is 0.299 e. The minimum atomic E-state index is -1.41. The Morgan fingerprint density at radius 1 is 1.24 bits per heavy atom. The van der Waals surface area contributed by atoms with E-state index >= 15 is 0 Å². The average molecular weight is 401 g/mol. The first kappa shape index (κ1) is 20.0. The first-order chi connectivity index (χ1) is 13.5. The maximum Gasteiger partial charge on any atom is 0.295 e. The number of carbonyl (C=O) groups is 3. The van der Waals surface area contributed by atoms with E-state index in [4.69, 9.17) is 4.84 Å². The molecule has 0 aliphatic heterocycles. The lowest BCUT2D eigenvalue weighted by atomic mass is 9.45. The van der Waals surface area contributed by atoms with Gasteiger partial charge in [0.05, 0.1) is 0 Å². The van der Waals surface area contributed by atoms with Crippen molar-refractivity contribution >= 4 is 17.3 Å². The Labute approximate surface area is 169 Å². The molecule has 0 N–H and O–H groups in total. The molecule has 0 heterocycles. The first-order valence-corrected chi connectivity index (χ1v) is 10.3. The molecule has 7 nitrogen and oxygen atoms in total. The number of hydrogen-bond acceptors (Lipinski definition) is 6. The van der Waals surface area contributed by atoms with Crippen molar-refractivity contribution in [2.45, 2.75) is 64.9 Å². The van der Waals surface area contributed by atoms with Gasteiger partial charge < -0.3 is 0 Å². The highest BCUT2D eigenvalue weighted by molar-refractivity contribution is 6.42. The molecule has 0 aromatic carbocycles. The van der Waals surface area contributed by atoms with Crippen molar-refractivity contribution in [3.63, 3.8) is 0 Å². The number of Topliss-reactive ketones (excluding diaryl/α,β-unsaturated/α-hetero) is 2. The molecule has 6 atom stereocenters. The Hall–Kier alpha value is -2.31. The van der Waals surface area contributed by atoms with Gasteiger partial charge in [-0.05, 0) is 68.4 Å². The fourth-order valence-corrected chi connectivity index (χ4v) is 7.40. The van der Waals surface area contributed by atoms with Gasteiger partial charge in [0.15, 0.2) is 11.4 Å². The Morgan fingerprint density at radius 3 is 2.52 bits per heavy atom. The van der Waals surface area contributed by atoms with Gasteiger partial charge in [-0.1, -0.05) is 26.0 Å². The van der Waals surface area contributed by atoms with Crippen LogP contribution in [0, 0.1) is 38.7 Å². The van der Waals surface area contributed by atoms with Crippen molar-refractivity contribution in [3.8, 4) is 0 Å². The van der Waals surface area contributed by atoms with Crippen LogP contribution in [0.1, 0.15) is 59.3 Å². The van der Waals surface area contributed by atoms with Crippen LogP contribution in [0.3, 0.4) is 0 Å². The van der Waals surface area contributed by atoms with Gasteiger partial charge >= 0.3 is 0 Å². The van der Waals surface area contributed by atoms with E-state index in [-0.39, 0.29) is 35.7 Å². The fraction of sp³-hybridized carbons (Fsp3) is 0.682. The number of fused-ring (bicyclic) bond motifs is 5. The van der Waals surface area contributed by atoms with Crippen molar-refractivity contribution in [2.75, 3.05) is 0 Å². The molecule has 156 valence electrons. The lowest BCUT2D eigenvalue weighted by molar-refractivity contribution is -0.780. The minimum Gasteiger partial charge on any atom is -0.299 e. The third kappa shape index (κ3) is 2.45. The van der Waals surface area contributed by atoms with E-state index in [1.807, 2.05) is 6.92 Å². The third-order valence-electron chi connectivity index (χ3n) is 8.73. The molecule has 0 aromatic heterocycles. The highest BCUT2D eigenvalue weighted by Crippen LogP contribution is 2.68. The number of ketones is 3. The van der Waals surface area contributed by atoms with E-state index in [0.29, 0.717) is 25.7 Å². The summed E-state index contributed by atoms with van der Waals surface area (Å²) in [5, 5.41) is 10.4. The maximum absolute atomic E-state index is 12.6. The van der Waals surface area contributed by atoms with Crippen molar-refractivity contribution < 1.29 is 24.3 Å². The second kappa shape index (κ2) is 6.09. The van der Waals surface area contributed by atoms with Gasteiger partial charge in [-0.25, -0.2) is 0 Å². The summed E-state index contributed by atoms with van der Waals surface area (Å²) in [6, 6.07) is 0. The number of rotatable bonds is 3. The summed E-state index contributed by atoms with van der Waals surface area (Å²) in [5.74, 6) is -0.716. The summed E-state index contributed by atoms with van der Waals surface area (Å²) >= 11 is 0. The highest BCUT2D eigenvalue weighted by Gasteiger charge is 2.68. The minimum absolute atomic E-state index is 0.0629. The normalized spacial score (nSPS) is 43.8. The van der Waals surface area contributed by atoms with Crippen LogP contribution in [0.5, 0.6) is 0 Å². The molecule has 0 spiro atoms. The van der Waals surface area contributed by atoms with Crippen molar-refractivity contribution in [1.82, 2.24) is 0 Å². The molecule has 0 bridgehead atoms. The van der Waals surface area contributed by atoms with Gasteiger partial charge in [-0.3, -0.25) is 19.2 Å². The molecule has 3 fully saturated rings. The zero-order valence-electron chi connectivity index (χ0n) is 17.2. The second-order valence-corrected chi connectivity index (χ2v) is 9.82. The monoisotopic (exact) mass is 401 g/mol. The molecule has 0 aromatic rings. The van der Waals surface area contributed by atoms with Crippen molar-refractivity contribution in [1.29, 1.82) is 0 Å². The quantitative estimate of drug-likeness (QED) is 0.408. The molecule has 3 saturated carbocycles. The van der Waals surface area contributed by atoms with Gasteiger partial charge in [0.1, 0.15) is 0 Å². The van der Waals surface area contributed by atoms with Crippen LogP contribution in [0.25, 0.3) is 0 Å². The number of hydrogen-bond donors (Lipinski definition) is 0. The summed E-state index contributed by atoms with van der Waals surface area (Å²) in [7, 11) is 0. The molecule has 4 rings (SSSR count). The van der Waals surface area contributed by atoms with Crippen LogP contribution >= 0.6 is 0 Å².